The Morgan fingerprint density at radius 2 is 1.68 bits per heavy atom. The summed E-state index contributed by atoms with van der Waals surface area (Å²) in [5.41, 5.74) is 2.61. The average Bonchev–Trinajstić information content (AvgIpc) is 2.75. The number of benzene rings is 3. The third-order valence-electron chi connectivity index (χ3n) is 4.29. The van der Waals surface area contributed by atoms with Crippen molar-refractivity contribution in [3.05, 3.63) is 88.4 Å². The zero-order chi connectivity index (χ0) is 22.3. The van der Waals surface area contributed by atoms with E-state index >= 15 is 0 Å². The minimum atomic E-state index is -3.73. The van der Waals surface area contributed by atoms with Crippen LogP contribution in [0.1, 0.15) is 23.6 Å². The minimum absolute atomic E-state index is 0.149. The van der Waals surface area contributed by atoms with Crippen LogP contribution in [0.15, 0.2) is 76.7 Å². The summed E-state index contributed by atoms with van der Waals surface area (Å²) in [7, 11) is -3.73. The fraction of sp³-hybridized carbons (Fsp3) is 0.174. The molecule has 6 nitrogen and oxygen atoms in total. The molecular formula is C23H23ClN2O4S. The molecule has 0 amide bonds. The smallest absolute Gasteiger partial charge is 0.276 e. The highest BCUT2D eigenvalue weighted by Crippen LogP contribution is 2.29. The van der Waals surface area contributed by atoms with E-state index in [2.05, 4.69) is 9.93 Å². The van der Waals surface area contributed by atoms with Crippen LogP contribution < -0.4 is 14.3 Å². The lowest BCUT2D eigenvalue weighted by atomic mass is 10.2. The van der Waals surface area contributed by atoms with Crippen molar-refractivity contribution < 1.29 is 17.9 Å². The van der Waals surface area contributed by atoms with E-state index in [0.717, 1.165) is 11.1 Å². The summed E-state index contributed by atoms with van der Waals surface area (Å²) < 4.78 is 36.2. The van der Waals surface area contributed by atoms with E-state index in [1.165, 1.54) is 18.3 Å². The number of hydrazone groups is 1. The summed E-state index contributed by atoms with van der Waals surface area (Å²) in [6.45, 7) is 4.58. The number of nitrogens with zero attached hydrogens (tertiary/aromatic N) is 1. The van der Waals surface area contributed by atoms with Crippen LogP contribution in [0.2, 0.25) is 5.02 Å². The van der Waals surface area contributed by atoms with E-state index in [4.69, 9.17) is 21.1 Å². The molecule has 0 aromatic heterocycles. The molecule has 0 atom stereocenters. The molecular weight excluding hydrogens is 436 g/mol. The lowest BCUT2D eigenvalue weighted by Gasteiger charge is -2.12. The first kappa shape index (κ1) is 22.7. The molecule has 0 unspecified atom stereocenters. The summed E-state index contributed by atoms with van der Waals surface area (Å²) in [5.74, 6) is 1.12. The van der Waals surface area contributed by atoms with Crippen LogP contribution in [0, 0.1) is 6.92 Å². The number of halogens is 1. The molecule has 1 N–H and O–H groups in total. The Labute approximate surface area is 187 Å². The molecule has 3 aromatic rings. The molecule has 0 heterocycles. The van der Waals surface area contributed by atoms with Crippen LogP contribution in [0.5, 0.6) is 11.5 Å². The number of aryl methyl sites for hydroxylation is 1. The second kappa shape index (κ2) is 10.3. The van der Waals surface area contributed by atoms with Crippen molar-refractivity contribution >= 4 is 27.8 Å². The molecule has 0 saturated heterocycles. The van der Waals surface area contributed by atoms with Crippen LogP contribution in [-0.4, -0.2) is 21.2 Å². The Balaban J connectivity index is 1.69. The minimum Gasteiger partial charge on any atom is -0.490 e. The summed E-state index contributed by atoms with van der Waals surface area (Å²) in [4.78, 5) is 2.37. The van der Waals surface area contributed by atoms with E-state index < -0.39 is 10.0 Å². The van der Waals surface area contributed by atoms with Gasteiger partial charge in [0, 0.05) is 5.02 Å². The van der Waals surface area contributed by atoms with Gasteiger partial charge in [0.15, 0.2) is 11.5 Å². The Bertz CT molecular complexity index is 1150. The van der Waals surface area contributed by atoms with Crippen molar-refractivity contribution in [2.45, 2.75) is 25.3 Å². The van der Waals surface area contributed by atoms with Crippen LogP contribution in [0.3, 0.4) is 0 Å². The maximum absolute atomic E-state index is 12.3. The molecule has 0 aliphatic carbocycles. The number of ether oxygens (including phenoxy) is 2. The zero-order valence-corrected chi connectivity index (χ0v) is 18.8. The van der Waals surface area contributed by atoms with Gasteiger partial charge in [0.05, 0.1) is 17.7 Å². The summed E-state index contributed by atoms with van der Waals surface area (Å²) in [5, 5.41) is 4.54. The van der Waals surface area contributed by atoms with Crippen molar-refractivity contribution in [2.24, 2.45) is 5.10 Å². The Morgan fingerprint density at radius 1 is 0.968 bits per heavy atom. The number of nitrogens with one attached hydrogen (secondary N) is 1. The fourth-order valence-corrected chi connectivity index (χ4v) is 3.59. The summed E-state index contributed by atoms with van der Waals surface area (Å²) in [6.07, 6.45) is 1.41. The van der Waals surface area contributed by atoms with E-state index in [1.807, 2.05) is 26.0 Å². The lowest BCUT2D eigenvalue weighted by molar-refractivity contribution is 0.269. The third kappa shape index (κ3) is 6.47. The normalized spacial score (nSPS) is 11.5. The molecule has 162 valence electrons. The van der Waals surface area contributed by atoms with E-state index in [0.29, 0.717) is 35.3 Å². The molecule has 0 aliphatic heterocycles. The number of sulfonamides is 1. The van der Waals surface area contributed by atoms with E-state index in [1.54, 1.807) is 42.5 Å². The summed E-state index contributed by atoms with van der Waals surface area (Å²) >= 11 is 5.91. The zero-order valence-electron chi connectivity index (χ0n) is 17.2. The van der Waals surface area contributed by atoms with Crippen molar-refractivity contribution in [3.8, 4) is 11.5 Å². The van der Waals surface area contributed by atoms with Gasteiger partial charge in [-0.15, -0.1) is 0 Å². The van der Waals surface area contributed by atoms with Gasteiger partial charge >= 0.3 is 0 Å². The Kier molecular flexibility index (Phi) is 7.55. The number of hydrogen-bond acceptors (Lipinski definition) is 5. The fourth-order valence-electron chi connectivity index (χ4n) is 2.67. The predicted molar refractivity (Wildman–Crippen MR) is 122 cm³/mol. The molecule has 3 rings (SSSR count). The molecule has 0 saturated carbocycles. The standard InChI is InChI=1S/C23H23ClN2O4S/c1-3-29-23-14-19(8-13-22(23)30-16-18-6-9-20(24)10-7-18)15-25-26-31(27,28)21-11-4-17(2)5-12-21/h4-15,26H,3,16H2,1-2H3/b25-15-. The molecule has 0 aliphatic rings. The number of hydrogen-bond donors (Lipinski definition) is 1. The highest BCUT2D eigenvalue weighted by Gasteiger charge is 2.12. The van der Waals surface area contributed by atoms with Crippen LogP contribution in [0.4, 0.5) is 0 Å². The molecule has 8 heteroatoms. The molecule has 31 heavy (non-hydrogen) atoms. The van der Waals surface area contributed by atoms with E-state index in [-0.39, 0.29) is 4.90 Å². The lowest BCUT2D eigenvalue weighted by Crippen LogP contribution is -2.18. The van der Waals surface area contributed by atoms with E-state index in [9.17, 15) is 8.42 Å². The third-order valence-corrected chi connectivity index (χ3v) is 5.78. The van der Waals surface area contributed by atoms with Crippen molar-refractivity contribution in [1.29, 1.82) is 0 Å². The van der Waals surface area contributed by atoms with Crippen LogP contribution in [0.25, 0.3) is 0 Å². The first-order valence-electron chi connectivity index (χ1n) is 9.63. The SMILES string of the molecule is CCOc1cc(/C=N\NS(=O)(=O)c2ccc(C)cc2)ccc1OCc1ccc(Cl)cc1. The maximum Gasteiger partial charge on any atom is 0.276 e. The van der Waals surface area contributed by atoms with Crippen molar-refractivity contribution in [2.75, 3.05) is 6.61 Å². The quantitative estimate of drug-likeness (QED) is 0.364. The van der Waals surface area contributed by atoms with Crippen LogP contribution >= 0.6 is 11.6 Å². The first-order chi connectivity index (χ1) is 14.9. The van der Waals surface area contributed by atoms with Gasteiger partial charge in [-0.05, 0) is 67.4 Å². The van der Waals surface area contributed by atoms with Gasteiger partial charge in [-0.1, -0.05) is 41.4 Å². The van der Waals surface area contributed by atoms with Gasteiger partial charge in [0.1, 0.15) is 6.61 Å². The second-order valence-electron chi connectivity index (χ2n) is 6.72. The van der Waals surface area contributed by atoms with Gasteiger partial charge in [-0.3, -0.25) is 0 Å². The van der Waals surface area contributed by atoms with Gasteiger partial charge in [0.2, 0.25) is 0 Å². The van der Waals surface area contributed by atoms with Gasteiger partial charge in [0.25, 0.3) is 10.0 Å². The largest absolute Gasteiger partial charge is 0.490 e. The highest BCUT2D eigenvalue weighted by atomic mass is 35.5. The summed E-state index contributed by atoms with van der Waals surface area (Å²) in [6, 6.07) is 19.2. The second-order valence-corrected chi connectivity index (χ2v) is 8.82. The molecule has 3 aromatic carbocycles. The Hall–Kier alpha value is -3.03. The molecule has 0 fully saturated rings. The first-order valence-corrected chi connectivity index (χ1v) is 11.5. The highest BCUT2D eigenvalue weighted by molar-refractivity contribution is 7.89. The van der Waals surface area contributed by atoms with Crippen molar-refractivity contribution in [1.82, 2.24) is 4.83 Å². The Morgan fingerprint density at radius 3 is 2.35 bits per heavy atom. The topological polar surface area (TPSA) is 77.0 Å². The molecule has 0 spiro atoms. The van der Waals surface area contributed by atoms with Gasteiger partial charge in [-0.2, -0.15) is 13.5 Å². The number of rotatable bonds is 9. The average molecular weight is 459 g/mol. The molecule has 0 radical (unpaired) electrons. The van der Waals surface area contributed by atoms with Crippen molar-refractivity contribution in [3.63, 3.8) is 0 Å². The maximum atomic E-state index is 12.3. The van der Waals surface area contributed by atoms with Gasteiger partial charge in [-0.25, -0.2) is 4.83 Å². The van der Waals surface area contributed by atoms with Crippen LogP contribution in [-0.2, 0) is 16.6 Å². The molecule has 0 bridgehead atoms. The monoisotopic (exact) mass is 458 g/mol. The predicted octanol–water partition coefficient (Wildman–Crippen LogP) is 4.94. The van der Waals surface area contributed by atoms with Gasteiger partial charge < -0.3 is 9.47 Å².